The molecule has 0 aromatic heterocycles. The van der Waals surface area contributed by atoms with Gasteiger partial charge in [0.1, 0.15) is 5.75 Å². The maximum absolute atomic E-state index is 11.9. The highest BCUT2D eigenvalue weighted by atomic mass is 16.7. The number of ether oxygens (including phenoxy) is 2. The number of amides is 1. The van der Waals surface area contributed by atoms with Gasteiger partial charge in [0, 0.05) is 25.2 Å². The third-order valence-electron chi connectivity index (χ3n) is 2.58. The Morgan fingerprint density at radius 3 is 2.72 bits per heavy atom. The van der Waals surface area contributed by atoms with Crippen molar-refractivity contribution in [1.29, 1.82) is 0 Å². The van der Waals surface area contributed by atoms with E-state index in [-0.39, 0.29) is 24.0 Å². The third kappa shape index (κ3) is 2.65. The highest BCUT2D eigenvalue weighted by molar-refractivity contribution is 5.97. The molecule has 1 aliphatic rings. The number of carbonyl (C=O) groups excluding carboxylic acids is 1. The summed E-state index contributed by atoms with van der Waals surface area (Å²) in [5.74, 6) is 0.497. The average molecular weight is 252 g/mol. The van der Waals surface area contributed by atoms with E-state index in [2.05, 4.69) is 5.32 Å². The standard InChI is InChI=1S/C12H16N2O4/c1-14(2)4-3-13-12(16)8-5-10-11(6-9(8)15)18-7-17-10/h5-6,15H,3-4,7H2,1-2H3,(H,13,16). The number of nitrogens with zero attached hydrogens (tertiary/aromatic N) is 1. The van der Waals surface area contributed by atoms with E-state index in [4.69, 9.17) is 9.47 Å². The minimum absolute atomic E-state index is 0.110. The zero-order chi connectivity index (χ0) is 13.1. The number of carbonyl (C=O) groups is 1. The third-order valence-corrected chi connectivity index (χ3v) is 2.58. The van der Waals surface area contributed by atoms with E-state index in [1.54, 1.807) is 0 Å². The number of fused-ring (bicyclic) bond motifs is 1. The van der Waals surface area contributed by atoms with Gasteiger partial charge in [0.05, 0.1) is 5.56 Å². The first-order valence-electron chi connectivity index (χ1n) is 5.63. The fraction of sp³-hybridized carbons (Fsp3) is 0.417. The zero-order valence-electron chi connectivity index (χ0n) is 10.4. The molecule has 1 aromatic rings. The molecular formula is C12H16N2O4. The van der Waals surface area contributed by atoms with Gasteiger partial charge in [0.2, 0.25) is 6.79 Å². The molecule has 2 N–H and O–H groups in total. The van der Waals surface area contributed by atoms with Crippen LogP contribution in [0.15, 0.2) is 12.1 Å². The number of likely N-dealkylation sites (N-methyl/N-ethyl adjacent to an activating group) is 1. The van der Waals surface area contributed by atoms with Crippen molar-refractivity contribution < 1.29 is 19.4 Å². The topological polar surface area (TPSA) is 71.0 Å². The molecule has 1 amide bonds. The summed E-state index contributed by atoms with van der Waals surface area (Å²) in [6.07, 6.45) is 0. The second-order valence-electron chi connectivity index (χ2n) is 4.28. The van der Waals surface area contributed by atoms with E-state index >= 15 is 0 Å². The van der Waals surface area contributed by atoms with Crippen molar-refractivity contribution in [1.82, 2.24) is 10.2 Å². The van der Waals surface area contributed by atoms with Crippen LogP contribution in [-0.4, -0.2) is 49.9 Å². The highest BCUT2D eigenvalue weighted by Crippen LogP contribution is 2.37. The Hall–Kier alpha value is -1.95. The molecule has 1 aromatic carbocycles. The number of phenols is 1. The van der Waals surface area contributed by atoms with Crippen LogP contribution < -0.4 is 14.8 Å². The van der Waals surface area contributed by atoms with E-state index in [9.17, 15) is 9.90 Å². The summed E-state index contributed by atoms with van der Waals surface area (Å²) in [6, 6.07) is 2.88. The molecule has 6 nitrogen and oxygen atoms in total. The summed E-state index contributed by atoms with van der Waals surface area (Å²) >= 11 is 0. The lowest BCUT2D eigenvalue weighted by molar-refractivity contribution is 0.0948. The van der Waals surface area contributed by atoms with Gasteiger partial charge in [-0.3, -0.25) is 4.79 Å². The SMILES string of the molecule is CN(C)CCNC(=O)c1cc2c(cc1O)OCO2. The predicted octanol–water partition coefficient (Wildman–Crippen LogP) is 0.412. The van der Waals surface area contributed by atoms with Crippen molar-refractivity contribution in [2.24, 2.45) is 0 Å². The first-order valence-corrected chi connectivity index (χ1v) is 5.63. The van der Waals surface area contributed by atoms with Crippen LogP contribution in [0.1, 0.15) is 10.4 Å². The Balaban J connectivity index is 2.06. The van der Waals surface area contributed by atoms with E-state index < -0.39 is 0 Å². The lowest BCUT2D eigenvalue weighted by Crippen LogP contribution is -2.31. The van der Waals surface area contributed by atoms with Gasteiger partial charge in [-0.1, -0.05) is 0 Å². The summed E-state index contributed by atoms with van der Waals surface area (Å²) in [5, 5.41) is 12.5. The van der Waals surface area contributed by atoms with Crippen molar-refractivity contribution in [3.63, 3.8) is 0 Å². The molecule has 0 spiro atoms. The van der Waals surface area contributed by atoms with Crippen LogP contribution in [0.4, 0.5) is 0 Å². The number of aromatic hydroxyl groups is 1. The number of hydrogen-bond donors (Lipinski definition) is 2. The molecule has 0 bridgehead atoms. The summed E-state index contributed by atoms with van der Waals surface area (Å²) in [5.41, 5.74) is 0.193. The predicted molar refractivity (Wildman–Crippen MR) is 65.1 cm³/mol. The molecular weight excluding hydrogens is 236 g/mol. The van der Waals surface area contributed by atoms with Gasteiger partial charge in [-0.05, 0) is 14.1 Å². The maximum Gasteiger partial charge on any atom is 0.255 e. The molecule has 2 rings (SSSR count). The van der Waals surface area contributed by atoms with Gasteiger partial charge in [0.15, 0.2) is 11.5 Å². The lowest BCUT2D eigenvalue weighted by Gasteiger charge is -2.11. The van der Waals surface area contributed by atoms with Crippen LogP contribution in [0.5, 0.6) is 17.2 Å². The van der Waals surface area contributed by atoms with Gasteiger partial charge in [-0.2, -0.15) is 0 Å². The molecule has 0 aliphatic carbocycles. The fourth-order valence-electron chi connectivity index (χ4n) is 1.60. The molecule has 6 heteroatoms. The Labute approximate surface area is 105 Å². The molecule has 0 fully saturated rings. The molecule has 0 saturated heterocycles. The lowest BCUT2D eigenvalue weighted by atomic mass is 10.1. The average Bonchev–Trinajstić information content (AvgIpc) is 2.74. The minimum Gasteiger partial charge on any atom is -0.507 e. The van der Waals surface area contributed by atoms with Gasteiger partial charge in [-0.15, -0.1) is 0 Å². The number of rotatable bonds is 4. The van der Waals surface area contributed by atoms with Gasteiger partial charge < -0.3 is 24.8 Å². The second-order valence-corrected chi connectivity index (χ2v) is 4.28. The highest BCUT2D eigenvalue weighted by Gasteiger charge is 2.20. The number of nitrogens with one attached hydrogen (secondary N) is 1. The maximum atomic E-state index is 11.9. The van der Waals surface area contributed by atoms with E-state index in [1.807, 2.05) is 19.0 Å². The Morgan fingerprint density at radius 1 is 1.39 bits per heavy atom. The Bertz CT molecular complexity index is 460. The summed E-state index contributed by atoms with van der Waals surface area (Å²) in [6.45, 7) is 1.36. The van der Waals surface area contributed by atoms with Gasteiger partial charge >= 0.3 is 0 Å². The number of phenolic OH excluding ortho intramolecular Hbond substituents is 1. The monoisotopic (exact) mass is 252 g/mol. The van der Waals surface area contributed by atoms with Crippen LogP contribution >= 0.6 is 0 Å². The summed E-state index contributed by atoms with van der Waals surface area (Å²) < 4.78 is 10.3. The molecule has 1 heterocycles. The minimum atomic E-state index is -0.326. The largest absolute Gasteiger partial charge is 0.507 e. The van der Waals surface area contributed by atoms with Crippen molar-refractivity contribution in [3.05, 3.63) is 17.7 Å². The summed E-state index contributed by atoms with van der Waals surface area (Å²) in [7, 11) is 3.84. The molecule has 0 saturated carbocycles. The normalized spacial score (nSPS) is 12.8. The van der Waals surface area contributed by atoms with Crippen LogP contribution in [0.3, 0.4) is 0 Å². The first kappa shape index (κ1) is 12.5. The second kappa shape index (κ2) is 5.14. The van der Waals surface area contributed by atoms with Gasteiger partial charge in [-0.25, -0.2) is 0 Å². The van der Waals surface area contributed by atoms with Crippen molar-refractivity contribution in [2.45, 2.75) is 0 Å². The van der Waals surface area contributed by atoms with Crippen molar-refractivity contribution >= 4 is 5.91 Å². The smallest absolute Gasteiger partial charge is 0.255 e. The van der Waals surface area contributed by atoms with E-state index in [0.717, 1.165) is 6.54 Å². The van der Waals surface area contributed by atoms with Crippen LogP contribution in [0.2, 0.25) is 0 Å². The fourth-order valence-corrected chi connectivity index (χ4v) is 1.60. The summed E-state index contributed by atoms with van der Waals surface area (Å²) in [4.78, 5) is 13.8. The van der Waals surface area contributed by atoms with Gasteiger partial charge in [0.25, 0.3) is 5.91 Å². The number of hydrogen-bond acceptors (Lipinski definition) is 5. The molecule has 0 radical (unpaired) electrons. The first-order chi connectivity index (χ1) is 8.58. The number of benzene rings is 1. The molecule has 18 heavy (non-hydrogen) atoms. The Morgan fingerprint density at radius 2 is 2.06 bits per heavy atom. The van der Waals surface area contributed by atoms with E-state index in [0.29, 0.717) is 18.0 Å². The van der Waals surface area contributed by atoms with Crippen molar-refractivity contribution in [2.75, 3.05) is 34.0 Å². The Kier molecular flexibility index (Phi) is 3.57. The molecule has 1 aliphatic heterocycles. The van der Waals surface area contributed by atoms with E-state index in [1.165, 1.54) is 12.1 Å². The van der Waals surface area contributed by atoms with Crippen LogP contribution in [0.25, 0.3) is 0 Å². The quantitative estimate of drug-likeness (QED) is 0.812. The molecule has 0 unspecified atom stereocenters. The van der Waals surface area contributed by atoms with Crippen LogP contribution in [0, 0.1) is 0 Å². The molecule has 0 atom stereocenters. The molecule has 98 valence electrons. The zero-order valence-corrected chi connectivity index (χ0v) is 10.4. The van der Waals surface area contributed by atoms with Crippen molar-refractivity contribution in [3.8, 4) is 17.2 Å². The van der Waals surface area contributed by atoms with Crippen LogP contribution in [-0.2, 0) is 0 Å².